The molecule has 3 fully saturated rings. The van der Waals surface area contributed by atoms with Gasteiger partial charge in [0.05, 0.1) is 53.7 Å². The first-order valence-corrected chi connectivity index (χ1v) is 22.6. The molecule has 0 aromatic heterocycles. The lowest BCUT2D eigenvalue weighted by Crippen LogP contribution is -2.61. The summed E-state index contributed by atoms with van der Waals surface area (Å²) in [7, 11) is 0.666. The summed E-state index contributed by atoms with van der Waals surface area (Å²) < 4.78 is 113. The average molecular weight is 907 g/mol. The van der Waals surface area contributed by atoms with Gasteiger partial charge < -0.3 is 53.2 Å². The van der Waals surface area contributed by atoms with Gasteiger partial charge in [-0.1, -0.05) is 27.7 Å². The second-order valence-corrected chi connectivity index (χ2v) is 20.0. The molecule has 2 N–H and O–H groups in total. The highest BCUT2D eigenvalue weighted by molar-refractivity contribution is 7.87. The number of carbonyl (C=O) groups is 2. The molecule has 61 heavy (non-hydrogen) atoms. The van der Waals surface area contributed by atoms with Crippen molar-refractivity contribution in [2.24, 2.45) is 23.7 Å². The number of aliphatic hydroxyl groups excluding tert-OH is 1. The van der Waals surface area contributed by atoms with Crippen LogP contribution in [0.25, 0.3) is 0 Å². The second kappa shape index (κ2) is 21.1. The minimum Gasteiger partial charge on any atom is -0.462 e. The Morgan fingerprint density at radius 1 is 0.984 bits per heavy atom. The molecule has 0 spiro atoms. The van der Waals surface area contributed by atoms with E-state index < -0.39 is 112 Å². The van der Waals surface area contributed by atoms with E-state index in [2.05, 4.69) is 0 Å². The molecule has 20 heteroatoms. The number of esters is 2. The molecular weight excluding hydrogens is 834 g/mol. The molecule has 0 bridgehead atoms. The van der Waals surface area contributed by atoms with E-state index in [0.29, 0.717) is 19.4 Å². The third-order valence-electron chi connectivity index (χ3n) is 13.0. The van der Waals surface area contributed by atoms with E-state index in [1.165, 1.54) is 27.9 Å². The van der Waals surface area contributed by atoms with Gasteiger partial charge in [-0.3, -0.25) is 13.8 Å². The summed E-state index contributed by atoms with van der Waals surface area (Å²) in [6.07, 6.45) is -10.5. The summed E-state index contributed by atoms with van der Waals surface area (Å²) in [5, 5.41) is 24.2. The van der Waals surface area contributed by atoms with Crippen LogP contribution in [0.2, 0.25) is 0 Å². The molecule has 0 aromatic rings. The van der Waals surface area contributed by atoms with Crippen molar-refractivity contribution in [3.63, 3.8) is 0 Å². The highest BCUT2D eigenvalue weighted by atomic mass is 32.2. The Labute approximate surface area is 360 Å². The highest BCUT2D eigenvalue weighted by Gasteiger charge is 2.57. The van der Waals surface area contributed by atoms with Crippen LogP contribution in [-0.2, 0) is 57.0 Å². The Kier molecular flexibility index (Phi) is 18.5. The first-order chi connectivity index (χ1) is 27.9. The van der Waals surface area contributed by atoms with Gasteiger partial charge in [0.2, 0.25) is 0 Å². The van der Waals surface area contributed by atoms with E-state index in [4.69, 9.17) is 37.3 Å². The number of cyclic esters (lactones) is 1. The zero-order valence-corrected chi connectivity index (χ0v) is 39.3. The fourth-order valence-corrected chi connectivity index (χ4v) is 9.98. The quantitative estimate of drug-likeness (QED) is 0.180. The maximum absolute atomic E-state index is 14.4. The van der Waals surface area contributed by atoms with Gasteiger partial charge in [0.1, 0.15) is 12.2 Å². The summed E-state index contributed by atoms with van der Waals surface area (Å²) in [6, 6.07) is -0.660. The summed E-state index contributed by atoms with van der Waals surface area (Å²) in [5.74, 6) is -4.14. The predicted octanol–water partition coefficient (Wildman–Crippen LogP) is 4.23. The van der Waals surface area contributed by atoms with Gasteiger partial charge in [0, 0.05) is 44.9 Å². The van der Waals surface area contributed by atoms with Gasteiger partial charge in [-0.2, -0.15) is 21.6 Å². The summed E-state index contributed by atoms with van der Waals surface area (Å²) >= 11 is 0. The van der Waals surface area contributed by atoms with Crippen LogP contribution in [0.15, 0.2) is 0 Å². The number of halogens is 3. The SMILES string of the molecule is CC[C@@H]1OC(=O)[C@H](C)[C@@H](O[C@H]2C[C@@](C)(OC)[C@@H](OS(=O)(=O)C(F)(F)F)[C@H](C)O2)[C@H](C)[C@@H](O[C@@H]2O[C@H](C)C[C@H](N(C)C)[C@H]2OC(C)=O)C(C)(O)C[C@@H](C)N(C)C[C@H](C)[C@@H](O)[C@H]1C. The van der Waals surface area contributed by atoms with Crippen LogP contribution in [0.4, 0.5) is 13.2 Å². The van der Waals surface area contributed by atoms with Crippen molar-refractivity contribution in [3.8, 4) is 0 Å². The van der Waals surface area contributed by atoms with Crippen LogP contribution in [0.3, 0.4) is 0 Å². The topological polar surface area (TPSA) is 189 Å². The number of hydrogen-bond donors (Lipinski definition) is 2. The average Bonchev–Trinajstić information content (AvgIpc) is 3.14. The van der Waals surface area contributed by atoms with Crippen molar-refractivity contribution in [1.82, 2.24) is 9.80 Å². The van der Waals surface area contributed by atoms with Crippen LogP contribution < -0.4 is 0 Å². The van der Waals surface area contributed by atoms with Crippen LogP contribution >= 0.6 is 0 Å². The minimum absolute atomic E-state index is 0.100. The molecule has 0 radical (unpaired) electrons. The third kappa shape index (κ3) is 13.0. The monoisotopic (exact) mass is 906 g/mol. The lowest BCUT2D eigenvalue weighted by molar-refractivity contribution is -0.317. The summed E-state index contributed by atoms with van der Waals surface area (Å²) in [6.45, 7) is 18.6. The molecule has 358 valence electrons. The van der Waals surface area contributed by atoms with Crippen LogP contribution in [0, 0.1) is 23.7 Å². The Hall–Kier alpha value is -1.72. The van der Waals surface area contributed by atoms with Crippen LogP contribution in [0.5, 0.6) is 0 Å². The van der Waals surface area contributed by atoms with E-state index in [1.54, 1.807) is 20.8 Å². The number of ether oxygens (including phenoxy) is 7. The lowest BCUT2D eigenvalue weighted by atomic mass is 9.78. The van der Waals surface area contributed by atoms with Crippen molar-refractivity contribution in [1.29, 1.82) is 0 Å². The number of alkyl halides is 3. The zero-order chi connectivity index (χ0) is 46.7. The van der Waals surface area contributed by atoms with Gasteiger partial charge >= 0.3 is 27.6 Å². The Morgan fingerprint density at radius 2 is 1.59 bits per heavy atom. The van der Waals surface area contributed by atoms with Gasteiger partial charge in [-0.15, -0.1) is 0 Å². The number of aliphatic hydroxyl groups is 2. The standard InChI is InChI=1S/C41H73F3N2O14S/c1-16-30-24(5)32(48)21(2)20-46(14)22(3)18-39(10,50)35(59-38-34(56-28(9)47)29(45(12)13)17-23(4)54-38)25(6)33(26(7)37(49)57-30)58-31-19-40(11,53-15)36(27(8)55-31)60-61(51,52)41(42,43)44/h21-27,29-36,38,48,50H,16-20H2,1-15H3/t21-,22+,23+,24-,25-,26+,27-,29-,30-,31-,32+,33-,34+,35+,36-,38-,39?,40+/m0/s1. The van der Waals surface area contributed by atoms with Crippen molar-refractivity contribution < 1.29 is 78.7 Å². The van der Waals surface area contributed by atoms with Gasteiger partial charge in [0.25, 0.3) is 0 Å². The molecule has 3 aliphatic rings. The van der Waals surface area contributed by atoms with E-state index in [-0.39, 0.29) is 36.9 Å². The number of likely N-dealkylation sites (N-methyl/N-ethyl adjacent to an activating group) is 1. The molecule has 1 unspecified atom stereocenters. The molecule has 3 saturated heterocycles. The first-order valence-electron chi connectivity index (χ1n) is 21.2. The van der Waals surface area contributed by atoms with Crippen molar-refractivity contribution >= 4 is 22.1 Å². The molecule has 3 heterocycles. The molecule has 16 nitrogen and oxygen atoms in total. The molecule has 0 saturated carbocycles. The Balaban J connectivity index is 2.23. The molecule has 0 amide bonds. The predicted molar refractivity (Wildman–Crippen MR) is 216 cm³/mol. The van der Waals surface area contributed by atoms with Gasteiger partial charge in [-0.25, -0.2) is 0 Å². The Bertz CT molecular complexity index is 1560. The number of methoxy groups -OCH3 is 1. The van der Waals surface area contributed by atoms with E-state index >= 15 is 0 Å². The fraction of sp³-hybridized carbons (Fsp3) is 0.951. The van der Waals surface area contributed by atoms with Crippen molar-refractivity contribution in [2.45, 2.75) is 192 Å². The Morgan fingerprint density at radius 3 is 2.11 bits per heavy atom. The van der Waals surface area contributed by atoms with Crippen LogP contribution in [0.1, 0.15) is 102 Å². The minimum atomic E-state index is -6.07. The maximum Gasteiger partial charge on any atom is 0.523 e. The van der Waals surface area contributed by atoms with Crippen LogP contribution in [-0.4, -0.2) is 165 Å². The normalized spacial score (nSPS) is 43.3. The molecule has 18 atom stereocenters. The highest BCUT2D eigenvalue weighted by Crippen LogP contribution is 2.42. The smallest absolute Gasteiger partial charge is 0.462 e. The molecule has 0 aromatic carbocycles. The number of rotatable bonds is 10. The fourth-order valence-electron chi connectivity index (χ4n) is 9.24. The number of nitrogens with zero attached hydrogens (tertiary/aromatic N) is 2. The summed E-state index contributed by atoms with van der Waals surface area (Å²) in [5.41, 5.74) is -9.18. The van der Waals surface area contributed by atoms with Crippen molar-refractivity contribution in [2.75, 3.05) is 34.8 Å². The first kappa shape index (κ1) is 53.6. The van der Waals surface area contributed by atoms with Gasteiger partial charge in [-0.05, 0) is 87.9 Å². The van der Waals surface area contributed by atoms with Crippen molar-refractivity contribution in [3.05, 3.63) is 0 Å². The lowest BCUT2D eigenvalue weighted by Gasteiger charge is -2.49. The molecule has 3 rings (SSSR count). The van der Waals surface area contributed by atoms with Gasteiger partial charge in [0.15, 0.2) is 18.7 Å². The zero-order valence-electron chi connectivity index (χ0n) is 38.5. The van der Waals surface area contributed by atoms with E-state index in [0.717, 1.165) is 0 Å². The molecular formula is C41H73F3N2O14S. The number of carbonyl (C=O) groups excluding carboxylic acids is 2. The third-order valence-corrected chi connectivity index (χ3v) is 14.0. The van der Waals surface area contributed by atoms with E-state index in [1.807, 2.05) is 65.6 Å². The molecule has 3 aliphatic heterocycles. The second-order valence-electron chi connectivity index (χ2n) is 18.4. The summed E-state index contributed by atoms with van der Waals surface area (Å²) in [4.78, 5) is 30.8. The maximum atomic E-state index is 14.4. The largest absolute Gasteiger partial charge is 0.523 e. The number of hydrogen-bond acceptors (Lipinski definition) is 16. The molecule has 0 aliphatic carbocycles. The van der Waals surface area contributed by atoms with E-state index in [9.17, 15) is 41.4 Å².